The molecule has 3 aromatic rings. The van der Waals surface area contributed by atoms with Gasteiger partial charge in [-0.05, 0) is 24.6 Å². The summed E-state index contributed by atoms with van der Waals surface area (Å²) in [4.78, 5) is 8.34. The Bertz CT molecular complexity index is 1130. The van der Waals surface area contributed by atoms with Crippen molar-refractivity contribution in [3.05, 3.63) is 36.3 Å². The van der Waals surface area contributed by atoms with Gasteiger partial charge in [-0.3, -0.25) is 0 Å². The maximum Gasteiger partial charge on any atom is 0.243 e. The number of rotatable bonds is 4. The third-order valence-electron chi connectivity index (χ3n) is 4.93. The lowest BCUT2D eigenvalue weighted by Crippen LogP contribution is -2.54. The van der Waals surface area contributed by atoms with Crippen LogP contribution in [0.5, 0.6) is 0 Å². The number of benzene rings is 1. The molecule has 1 atom stereocenters. The Morgan fingerprint density at radius 1 is 1.36 bits per heavy atom. The topological polar surface area (TPSA) is 139 Å². The van der Waals surface area contributed by atoms with Gasteiger partial charge in [-0.1, -0.05) is 6.07 Å². The van der Waals surface area contributed by atoms with Crippen LogP contribution >= 0.6 is 0 Å². The van der Waals surface area contributed by atoms with Crippen molar-refractivity contribution in [2.75, 3.05) is 32.0 Å². The summed E-state index contributed by atoms with van der Waals surface area (Å²) < 4.78 is 29.4. The van der Waals surface area contributed by atoms with E-state index in [1.54, 1.807) is 28.9 Å². The van der Waals surface area contributed by atoms with E-state index >= 15 is 0 Å². The number of sulfonamides is 1. The lowest BCUT2D eigenvalue weighted by molar-refractivity contribution is 0.165. The molecule has 4 rings (SSSR count). The molecule has 0 aliphatic carbocycles. The molecule has 0 amide bonds. The number of aryl methyl sites for hydroxylation is 1. The summed E-state index contributed by atoms with van der Waals surface area (Å²) in [7, 11) is -3.77. The smallest absolute Gasteiger partial charge is 0.243 e. The summed E-state index contributed by atoms with van der Waals surface area (Å²) in [6.07, 6.45) is 2.93. The first-order valence-electron chi connectivity index (χ1n) is 8.82. The largest absolute Gasteiger partial charge is 0.395 e. The van der Waals surface area contributed by atoms with Crippen LogP contribution in [-0.2, 0) is 10.0 Å². The minimum Gasteiger partial charge on any atom is -0.395 e. The van der Waals surface area contributed by atoms with Crippen LogP contribution in [0.4, 0.5) is 5.82 Å². The molecule has 148 valence electrons. The van der Waals surface area contributed by atoms with Gasteiger partial charge in [0.15, 0.2) is 11.5 Å². The molecule has 11 heteroatoms. The molecule has 0 radical (unpaired) electrons. The second-order valence-corrected chi connectivity index (χ2v) is 8.55. The molecule has 3 heterocycles. The molecular weight excluding hydrogens is 382 g/mol. The summed E-state index contributed by atoms with van der Waals surface area (Å²) in [6.45, 7) is 2.90. The average molecular weight is 403 g/mol. The standard InChI is InChI=1S/C17H21N7O3S/c1-11-2-3-13(28(26,27)23-5-4-19-7-12(23)9-25)6-14(11)15-8-20-17-16(18)21-10-22-24(15)17/h2-3,6,8,10,12,19,25H,4-5,7,9H2,1H3,(H2,18,21,22). The maximum absolute atomic E-state index is 13.2. The Hall–Kier alpha value is -2.60. The molecule has 1 aliphatic rings. The zero-order valence-corrected chi connectivity index (χ0v) is 16.1. The van der Waals surface area contributed by atoms with Crippen molar-refractivity contribution in [1.29, 1.82) is 0 Å². The first-order chi connectivity index (χ1) is 13.4. The van der Waals surface area contributed by atoms with Crippen molar-refractivity contribution >= 4 is 21.5 Å². The number of hydrogen-bond donors (Lipinski definition) is 3. The van der Waals surface area contributed by atoms with E-state index in [-0.39, 0.29) is 17.3 Å². The van der Waals surface area contributed by atoms with Gasteiger partial charge in [-0.15, -0.1) is 0 Å². The molecule has 0 saturated carbocycles. The second-order valence-electron chi connectivity index (χ2n) is 6.66. The summed E-state index contributed by atoms with van der Waals surface area (Å²) in [5, 5.41) is 16.9. The van der Waals surface area contributed by atoms with Gasteiger partial charge in [-0.2, -0.15) is 9.40 Å². The predicted molar refractivity (Wildman–Crippen MR) is 103 cm³/mol. The highest BCUT2D eigenvalue weighted by molar-refractivity contribution is 7.89. The number of nitrogens with two attached hydrogens (primary N) is 1. The number of nitrogens with zero attached hydrogens (tertiary/aromatic N) is 5. The van der Waals surface area contributed by atoms with E-state index in [0.717, 1.165) is 5.56 Å². The number of aliphatic hydroxyl groups is 1. The Labute approximate surface area is 162 Å². The number of hydrogen-bond acceptors (Lipinski definition) is 8. The number of anilines is 1. The van der Waals surface area contributed by atoms with Gasteiger partial charge in [0.2, 0.25) is 10.0 Å². The first-order valence-corrected chi connectivity index (χ1v) is 10.3. The highest BCUT2D eigenvalue weighted by atomic mass is 32.2. The molecule has 10 nitrogen and oxygen atoms in total. The molecule has 1 aromatic carbocycles. The van der Waals surface area contributed by atoms with Crippen molar-refractivity contribution in [2.24, 2.45) is 0 Å². The molecule has 1 aliphatic heterocycles. The van der Waals surface area contributed by atoms with E-state index in [9.17, 15) is 13.5 Å². The van der Waals surface area contributed by atoms with Gasteiger partial charge in [0, 0.05) is 25.2 Å². The fourth-order valence-corrected chi connectivity index (χ4v) is 5.05. The lowest BCUT2D eigenvalue weighted by Gasteiger charge is -2.34. The van der Waals surface area contributed by atoms with E-state index in [2.05, 4.69) is 20.4 Å². The fraction of sp³-hybridized carbons (Fsp3) is 0.353. The van der Waals surface area contributed by atoms with Gasteiger partial charge < -0.3 is 16.2 Å². The minimum absolute atomic E-state index is 0.158. The number of aliphatic hydroxyl groups excluding tert-OH is 1. The molecule has 28 heavy (non-hydrogen) atoms. The molecule has 2 aromatic heterocycles. The number of piperazine rings is 1. The van der Waals surface area contributed by atoms with Crippen LogP contribution < -0.4 is 11.1 Å². The Balaban J connectivity index is 1.82. The number of imidazole rings is 1. The van der Waals surface area contributed by atoms with Crippen LogP contribution in [0, 0.1) is 6.92 Å². The van der Waals surface area contributed by atoms with E-state index in [4.69, 9.17) is 5.73 Å². The molecule has 1 saturated heterocycles. The highest BCUT2D eigenvalue weighted by Crippen LogP contribution is 2.29. The molecule has 4 N–H and O–H groups in total. The molecule has 1 fully saturated rings. The van der Waals surface area contributed by atoms with Gasteiger partial charge in [0.25, 0.3) is 0 Å². The van der Waals surface area contributed by atoms with Crippen molar-refractivity contribution in [3.8, 4) is 11.3 Å². The van der Waals surface area contributed by atoms with Crippen LogP contribution in [0.25, 0.3) is 16.9 Å². The van der Waals surface area contributed by atoms with Crippen molar-refractivity contribution < 1.29 is 13.5 Å². The quantitative estimate of drug-likeness (QED) is 0.537. The average Bonchev–Trinajstić information content (AvgIpc) is 3.13. The monoisotopic (exact) mass is 403 g/mol. The van der Waals surface area contributed by atoms with E-state index in [1.165, 1.54) is 10.6 Å². The molecular formula is C17H21N7O3S. The molecule has 0 bridgehead atoms. The molecule has 0 spiro atoms. The van der Waals surface area contributed by atoms with Crippen LogP contribution in [0.3, 0.4) is 0 Å². The minimum atomic E-state index is -3.77. The maximum atomic E-state index is 13.2. The van der Waals surface area contributed by atoms with Crippen LogP contribution in [0.2, 0.25) is 0 Å². The number of nitrogen functional groups attached to an aromatic ring is 1. The van der Waals surface area contributed by atoms with E-state index < -0.39 is 16.1 Å². The third kappa shape index (κ3) is 3.02. The van der Waals surface area contributed by atoms with Crippen LogP contribution in [0.15, 0.2) is 35.6 Å². The van der Waals surface area contributed by atoms with E-state index in [1.807, 2.05) is 6.92 Å². The first kappa shape index (κ1) is 18.7. The summed E-state index contributed by atoms with van der Waals surface area (Å²) in [6, 6.07) is 4.45. The van der Waals surface area contributed by atoms with Gasteiger partial charge in [0.1, 0.15) is 6.33 Å². The normalized spacial score (nSPS) is 18.6. The number of fused-ring (bicyclic) bond motifs is 1. The highest BCUT2D eigenvalue weighted by Gasteiger charge is 2.33. The van der Waals surface area contributed by atoms with E-state index in [0.29, 0.717) is 36.5 Å². The summed E-state index contributed by atoms with van der Waals surface area (Å²) in [5.41, 5.74) is 8.43. The zero-order valence-electron chi connectivity index (χ0n) is 15.3. The van der Waals surface area contributed by atoms with Crippen molar-refractivity contribution in [3.63, 3.8) is 0 Å². The van der Waals surface area contributed by atoms with Crippen LogP contribution in [-0.4, -0.2) is 69.7 Å². The van der Waals surface area contributed by atoms with Crippen molar-refractivity contribution in [1.82, 2.24) is 29.2 Å². The van der Waals surface area contributed by atoms with Gasteiger partial charge in [-0.25, -0.2) is 22.9 Å². The summed E-state index contributed by atoms with van der Waals surface area (Å²) in [5.74, 6) is 0.245. The Kier molecular flexibility index (Phi) is 4.75. The Morgan fingerprint density at radius 3 is 2.96 bits per heavy atom. The second kappa shape index (κ2) is 7.09. The predicted octanol–water partition coefficient (Wildman–Crippen LogP) is -0.363. The van der Waals surface area contributed by atoms with Gasteiger partial charge in [0.05, 0.1) is 29.4 Å². The SMILES string of the molecule is Cc1ccc(S(=O)(=O)N2CCNCC2CO)cc1-c1cnc2c(N)ncnn12. The Morgan fingerprint density at radius 2 is 2.18 bits per heavy atom. The number of nitrogens with one attached hydrogen (secondary N) is 1. The van der Waals surface area contributed by atoms with Gasteiger partial charge >= 0.3 is 0 Å². The summed E-state index contributed by atoms with van der Waals surface area (Å²) >= 11 is 0. The van der Waals surface area contributed by atoms with Crippen LogP contribution in [0.1, 0.15) is 5.56 Å². The number of aromatic nitrogens is 4. The zero-order chi connectivity index (χ0) is 19.9. The third-order valence-corrected chi connectivity index (χ3v) is 6.88. The molecule has 1 unspecified atom stereocenters. The lowest BCUT2D eigenvalue weighted by atomic mass is 10.1. The van der Waals surface area contributed by atoms with Crippen molar-refractivity contribution in [2.45, 2.75) is 17.9 Å². The fourth-order valence-electron chi connectivity index (χ4n) is 3.41.